The summed E-state index contributed by atoms with van der Waals surface area (Å²) in [7, 11) is 0. The molecule has 0 aliphatic heterocycles. The van der Waals surface area contributed by atoms with Gasteiger partial charge in [0.25, 0.3) is 0 Å². The summed E-state index contributed by atoms with van der Waals surface area (Å²) in [6.45, 7) is 0. The van der Waals surface area contributed by atoms with E-state index >= 15 is 0 Å². The number of phenolic OH excluding ortho intramolecular Hbond substituents is 1. The van der Waals surface area contributed by atoms with Crippen LogP contribution in [0.5, 0.6) is 5.75 Å². The molecule has 0 saturated carbocycles. The number of phenols is 1. The molecule has 0 heterocycles. The van der Waals surface area contributed by atoms with Crippen molar-refractivity contribution >= 4 is 33.5 Å². The van der Waals surface area contributed by atoms with Crippen molar-refractivity contribution in [1.29, 1.82) is 0 Å². The molecule has 1 amide bonds. The predicted octanol–water partition coefficient (Wildman–Crippen LogP) is 1.74. The zero-order valence-corrected chi connectivity index (χ0v) is 10.5. The molecule has 0 bridgehead atoms. The minimum absolute atomic E-state index is 0.0814. The summed E-state index contributed by atoms with van der Waals surface area (Å²) >= 11 is 3.13. The molecule has 5 nitrogen and oxygen atoms in total. The second-order valence-electron chi connectivity index (χ2n) is 3.41. The highest BCUT2D eigenvalue weighted by atomic mass is 79.9. The second-order valence-corrected chi connectivity index (χ2v) is 4.20. The Morgan fingerprint density at radius 3 is 2.65 bits per heavy atom. The number of carbonyl (C=O) groups is 2. The maximum Gasteiger partial charge on any atom is 0.307 e. The fourth-order valence-corrected chi connectivity index (χ4v) is 1.63. The quantitative estimate of drug-likeness (QED) is 0.571. The van der Waals surface area contributed by atoms with Gasteiger partial charge in [-0.3, -0.25) is 9.59 Å². The topological polar surface area (TPSA) is 86.6 Å². The van der Waals surface area contributed by atoms with Gasteiger partial charge in [-0.05, 0) is 17.7 Å². The molecule has 1 aromatic rings. The van der Waals surface area contributed by atoms with Gasteiger partial charge in [0.1, 0.15) is 5.75 Å². The number of aliphatic carboxylic acids is 1. The standard InChI is InChI=1S/C11H12BrNO4/c12-4-3-10(15)13-8-5-7(6-11(16)17)1-2-9(8)14/h1-2,5,14H,3-4,6H2,(H,13,15)(H,16,17). The van der Waals surface area contributed by atoms with Crippen LogP contribution in [-0.4, -0.2) is 27.4 Å². The summed E-state index contributed by atoms with van der Waals surface area (Å²) in [6, 6.07) is 4.32. The predicted molar refractivity (Wildman–Crippen MR) is 66.5 cm³/mol. The van der Waals surface area contributed by atoms with Gasteiger partial charge < -0.3 is 15.5 Å². The first-order valence-corrected chi connectivity index (χ1v) is 6.04. The first-order chi connectivity index (χ1) is 8.02. The second kappa shape index (κ2) is 6.24. The Balaban J connectivity index is 2.83. The first kappa shape index (κ1) is 13.5. The van der Waals surface area contributed by atoms with Crippen molar-refractivity contribution in [1.82, 2.24) is 0 Å². The molecule has 0 aliphatic rings. The van der Waals surface area contributed by atoms with Crippen LogP contribution in [0.15, 0.2) is 18.2 Å². The van der Waals surface area contributed by atoms with Crippen molar-refractivity contribution in [2.24, 2.45) is 0 Å². The average Bonchev–Trinajstić information content (AvgIpc) is 2.22. The Kier molecular flexibility index (Phi) is 4.96. The first-order valence-electron chi connectivity index (χ1n) is 4.92. The van der Waals surface area contributed by atoms with Crippen LogP contribution in [0, 0.1) is 0 Å². The van der Waals surface area contributed by atoms with Crippen molar-refractivity contribution in [3.8, 4) is 5.75 Å². The largest absolute Gasteiger partial charge is 0.506 e. The number of carboxylic acid groups (broad SMARTS) is 1. The molecule has 17 heavy (non-hydrogen) atoms. The lowest BCUT2D eigenvalue weighted by atomic mass is 10.1. The molecule has 0 atom stereocenters. The molecule has 1 rings (SSSR count). The number of alkyl halides is 1. The maximum atomic E-state index is 11.3. The smallest absolute Gasteiger partial charge is 0.307 e. The molecule has 3 N–H and O–H groups in total. The number of aromatic hydroxyl groups is 1. The van der Waals surface area contributed by atoms with E-state index in [1.807, 2.05) is 0 Å². The SMILES string of the molecule is O=C(O)Cc1ccc(O)c(NC(=O)CCBr)c1. The van der Waals surface area contributed by atoms with Crippen molar-refractivity contribution in [3.63, 3.8) is 0 Å². The summed E-state index contributed by atoms with van der Waals surface area (Å²) in [5.41, 5.74) is 0.749. The zero-order valence-electron chi connectivity index (χ0n) is 8.94. The normalized spacial score (nSPS) is 9.94. The van der Waals surface area contributed by atoms with Crippen LogP contribution in [0.4, 0.5) is 5.69 Å². The summed E-state index contributed by atoms with van der Waals surface area (Å²) < 4.78 is 0. The van der Waals surface area contributed by atoms with E-state index < -0.39 is 5.97 Å². The fourth-order valence-electron chi connectivity index (χ4n) is 1.27. The molecule has 0 spiro atoms. The van der Waals surface area contributed by atoms with Gasteiger partial charge in [0.2, 0.25) is 5.91 Å². The lowest BCUT2D eigenvalue weighted by molar-refractivity contribution is -0.136. The van der Waals surface area contributed by atoms with Gasteiger partial charge in [0.15, 0.2) is 0 Å². The number of rotatable bonds is 5. The van der Waals surface area contributed by atoms with Crippen molar-refractivity contribution < 1.29 is 19.8 Å². The van der Waals surface area contributed by atoms with Crippen molar-refractivity contribution in [3.05, 3.63) is 23.8 Å². The average molecular weight is 302 g/mol. The summed E-state index contributed by atoms with van der Waals surface area (Å²) in [5, 5.41) is 21.2. The van der Waals surface area contributed by atoms with E-state index in [1.54, 1.807) is 0 Å². The van der Waals surface area contributed by atoms with E-state index in [4.69, 9.17) is 5.11 Å². The minimum Gasteiger partial charge on any atom is -0.506 e. The molecular weight excluding hydrogens is 290 g/mol. The van der Waals surface area contributed by atoms with Crippen molar-refractivity contribution in [2.45, 2.75) is 12.8 Å². The van der Waals surface area contributed by atoms with E-state index in [0.29, 0.717) is 10.9 Å². The molecule has 6 heteroatoms. The Morgan fingerprint density at radius 2 is 2.06 bits per heavy atom. The molecule has 0 aliphatic carbocycles. The Bertz CT molecular complexity index is 433. The Morgan fingerprint density at radius 1 is 1.35 bits per heavy atom. The van der Waals surface area contributed by atoms with Gasteiger partial charge in [-0.25, -0.2) is 0 Å². The van der Waals surface area contributed by atoms with Gasteiger partial charge in [-0.2, -0.15) is 0 Å². The highest BCUT2D eigenvalue weighted by Crippen LogP contribution is 2.24. The van der Waals surface area contributed by atoms with Crippen LogP contribution in [0.3, 0.4) is 0 Å². The molecule has 92 valence electrons. The Labute approximate surface area is 107 Å². The highest BCUT2D eigenvalue weighted by Gasteiger charge is 2.08. The fraction of sp³-hybridized carbons (Fsp3) is 0.273. The zero-order chi connectivity index (χ0) is 12.8. The summed E-state index contributed by atoms with van der Waals surface area (Å²) in [5.74, 6) is -1.29. The molecule has 0 radical (unpaired) electrons. The third-order valence-corrected chi connectivity index (χ3v) is 2.41. The molecule has 0 aromatic heterocycles. The third-order valence-electron chi connectivity index (χ3n) is 2.01. The number of amides is 1. The van der Waals surface area contributed by atoms with Crippen molar-refractivity contribution in [2.75, 3.05) is 10.6 Å². The number of carboxylic acids is 1. The number of nitrogens with one attached hydrogen (secondary N) is 1. The highest BCUT2D eigenvalue weighted by molar-refractivity contribution is 9.09. The van der Waals surface area contributed by atoms with Crippen LogP contribution >= 0.6 is 15.9 Å². The number of benzene rings is 1. The molecule has 0 saturated heterocycles. The molecule has 0 fully saturated rings. The van der Waals surface area contributed by atoms with Crippen LogP contribution < -0.4 is 5.32 Å². The van der Waals surface area contributed by atoms with Gasteiger partial charge in [0.05, 0.1) is 12.1 Å². The Hall–Kier alpha value is -1.56. The summed E-state index contributed by atoms with van der Waals surface area (Å²) in [4.78, 5) is 21.9. The molecule has 0 unspecified atom stereocenters. The molecule has 1 aromatic carbocycles. The van der Waals surface area contributed by atoms with E-state index in [1.165, 1.54) is 18.2 Å². The lowest BCUT2D eigenvalue weighted by Crippen LogP contribution is -2.12. The van der Waals surface area contributed by atoms with Crippen LogP contribution in [-0.2, 0) is 16.0 Å². The van der Waals surface area contributed by atoms with Gasteiger partial charge in [0, 0.05) is 11.8 Å². The van der Waals surface area contributed by atoms with Gasteiger partial charge >= 0.3 is 5.97 Å². The number of halogens is 1. The van der Waals surface area contributed by atoms with E-state index in [0.717, 1.165) is 0 Å². The number of hydrogen-bond donors (Lipinski definition) is 3. The monoisotopic (exact) mass is 301 g/mol. The van der Waals surface area contributed by atoms with E-state index in [-0.39, 0.29) is 30.2 Å². The van der Waals surface area contributed by atoms with Gasteiger partial charge in [-0.15, -0.1) is 0 Å². The summed E-state index contributed by atoms with van der Waals surface area (Å²) in [6.07, 6.45) is 0.129. The number of hydrogen-bond acceptors (Lipinski definition) is 3. The third kappa shape index (κ3) is 4.44. The van der Waals surface area contributed by atoms with Crippen LogP contribution in [0.25, 0.3) is 0 Å². The number of carbonyl (C=O) groups excluding carboxylic acids is 1. The van der Waals surface area contributed by atoms with Crippen LogP contribution in [0.2, 0.25) is 0 Å². The number of anilines is 1. The van der Waals surface area contributed by atoms with E-state index in [2.05, 4.69) is 21.2 Å². The minimum atomic E-state index is -0.964. The molecular formula is C11H12BrNO4. The maximum absolute atomic E-state index is 11.3. The van der Waals surface area contributed by atoms with Gasteiger partial charge in [-0.1, -0.05) is 22.0 Å². The van der Waals surface area contributed by atoms with Crippen LogP contribution in [0.1, 0.15) is 12.0 Å². The van der Waals surface area contributed by atoms with E-state index in [9.17, 15) is 14.7 Å². The lowest BCUT2D eigenvalue weighted by Gasteiger charge is -2.08.